The third-order valence-electron chi connectivity index (χ3n) is 4.70. The van der Waals surface area contributed by atoms with Crippen molar-refractivity contribution in [3.05, 3.63) is 57.6 Å². The number of nitrogens with one attached hydrogen (secondary N) is 1. The van der Waals surface area contributed by atoms with Gasteiger partial charge in [-0.2, -0.15) is 13.2 Å². The summed E-state index contributed by atoms with van der Waals surface area (Å²) in [5, 5.41) is 0. The Hall–Kier alpha value is -2.02. The maximum Gasteiger partial charge on any atom is 0.416 e. The van der Waals surface area contributed by atoms with Gasteiger partial charge in [0, 0.05) is 0 Å². The lowest BCUT2D eigenvalue weighted by Gasteiger charge is -2.23. The first-order chi connectivity index (χ1) is 12.5. The summed E-state index contributed by atoms with van der Waals surface area (Å²) in [5.41, 5.74) is 1.22. The molecule has 7 heteroatoms. The van der Waals surface area contributed by atoms with Crippen LogP contribution in [0.25, 0.3) is 0 Å². The van der Waals surface area contributed by atoms with Crippen molar-refractivity contribution in [2.45, 2.75) is 65.0 Å². The Bertz CT molecular complexity index is 994. The van der Waals surface area contributed by atoms with Crippen LogP contribution >= 0.6 is 0 Å². The van der Waals surface area contributed by atoms with Gasteiger partial charge in [-0.15, -0.1) is 0 Å². The van der Waals surface area contributed by atoms with Gasteiger partial charge in [0.25, 0.3) is 10.0 Å². The number of anilines is 1. The highest BCUT2D eigenvalue weighted by Gasteiger charge is 2.34. The summed E-state index contributed by atoms with van der Waals surface area (Å²) in [6.45, 7) is 12.2. The Kier molecular flexibility index (Phi) is 5.65. The largest absolute Gasteiger partial charge is 0.416 e. The SMILES string of the molecule is Cc1cc(NS(=O)(=O)c2c(C)cc(C(C)(C)C)cc2C)c(C)c(C(F)(F)F)c1. The predicted octanol–water partition coefficient (Wildman–Crippen LogP) is 6.04. The quantitative estimate of drug-likeness (QED) is 0.667. The van der Waals surface area contributed by atoms with Crippen LogP contribution < -0.4 is 4.72 Å². The van der Waals surface area contributed by atoms with E-state index in [1.165, 1.54) is 19.9 Å². The molecule has 0 aliphatic carbocycles. The zero-order valence-corrected chi connectivity index (χ0v) is 18.0. The van der Waals surface area contributed by atoms with Gasteiger partial charge in [0.15, 0.2) is 0 Å². The molecule has 0 aromatic heterocycles. The van der Waals surface area contributed by atoms with E-state index in [9.17, 15) is 21.6 Å². The topological polar surface area (TPSA) is 46.2 Å². The standard InChI is InChI=1S/C21H26F3NO2S/c1-12-8-17(21(22,23)24)15(4)18(9-12)25-28(26,27)19-13(2)10-16(11-14(19)3)20(5,6)7/h8-11,25H,1-7H3. The van der Waals surface area contributed by atoms with Crippen LogP contribution in [-0.2, 0) is 21.6 Å². The van der Waals surface area contributed by atoms with Crippen LogP contribution in [-0.4, -0.2) is 8.42 Å². The minimum Gasteiger partial charge on any atom is -0.279 e. The molecular formula is C21H26F3NO2S. The molecule has 1 N–H and O–H groups in total. The van der Waals surface area contributed by atoms with Gasteiger partial charge in [0.1, 0.15) is 0 Å². The van der Waals surface area contributed by atoms with Gasteiger partial charge in [-0.3, -0.25) is 4.72 Å². The summed E-state index contributed by atoms with van der Waals surface area (Å²) in [4.78, 5) is 0.0926. The van der Waals surface area contributed by atoms with Gasteiger partial charge in [0.05, 0.1) is 16.1 Å². The maximum atomic E-state index is 13.3. The smallest absolute Gasteiger partial charge is 0.279 e. The van der Waals surface area contributed by atoms with Gasteiger partial charge in [-0.1, -0.05) is 32.9 Å². The summed E-state index contributed by atoms with van der Waals surface area (Å²) in [5.74, 6) is 0. The number of sulfonamides is 1. The first kappa shape index (κ1) is 22.3. The van der Waals surface area contributed by atoms with Gasteiger partial charge >= 0.3 is 6.18 Å². The number of rotatable bonds is 3. The van der Waals surface area contributed by atoms with E-state index in [0.29, 0.717) is 16.7 Å². The number of hydrogen-bond acceptors (Lipinski definition) is 2. The summed E-state index contributed by atoms with van der Waals surface area (Å²) in [6.07, 6.45) is -4.56. The Labute approximate surface area is 165 Å². The number of hydrogen-bond donors (Lipinski definition) is 1. The van der Waals surface area contributed by atoms with Crippen molar-refractivity contribution < 1.29 is 21.6 Å². The minimum absolute atomic E-state index is 0.0639. The van der Waals surface area contributed by atoms with E-state index in [0.717, 1.165) is 11.6 Å². The predicted molar refractivity (Wildman–Crippen MR) is 106 cm³/mol. The number of aryl methyl sites for hydroxylation is 3. The van der Waals surface area contributed by atoms with Crippen molar-refractivity contribution in [3.63, 3.8) is 0 Å². The van der Waals surface area contributed by atoms with Crippen molar-refractivity contribution in [2.24, 2.45) is 0 Å². The van der Waals surface area contributed by atoms with Gasteiger partial charge in [0.2, 0.25) is 0 Å². The van der Waals surface area contributed by atoms with Crippen molar-refractivity contribution in [2.75, 3.05) is 4.72 Å². The fourth-order valence-corrected chi connectivity index (χ4v) is 4.83. The van der Waals surface area contributed by atoms with Crippen LogP contribution in [0.1, 0.15) is 54.2 Å². The number of halogens is 3. The Morgan fingerprint density at radius 3 is 1.79 bits per heavy atom. The van der Waals surface area contributed by atoms with E-state index in [1.807, 2.05) is 32.9 Å². The van der Waals surface area contributed by atoms with Crippen LogP contribution in [0.3, 0.4) is 0 Å². The molecule has 3 nitrogen and oxygen atoms in total. The van der Waals surface area contributed by atoms with E-state index >= 15 is 0 Å². The fraction of sp³-hybridized carbons (Fsp3) is 0.429. The van der Waals surface area contributed by atoms with Crippen LogP contribution in [0.15, 0.2) is 29.2 Å². The average molecular weight is 414 g/mol. The van der Waals surface area contributed by atoms with Crippen molar-refractivity contribution >= 4 is 15.7 Å². The van der Waals surface area contributed by atoms with Crippen molar-refractivity contribution in [1.29, 1.82) is 0 Å². The van der Waals surface area contributed by atoms with Crippen LogP contribution in [0.5, 0.6) is 0 Å². The van der Waals surface area contributed by atoms with Crippen molar-refractivity contribution in [1.82, 2.24) is 0 Å². The molecule has 0 saturated heterocycles. The molecule has 0 amide bonds. The number of benzene rings is 2. The van der Waals surface area contributed by atoms with Crippen LogP contribution in [0.2, 0.25) is 0 Å². The lowest BCUT2D eigenvalue weighted by molar-refractivity contribution is -0.138. The lowest BCUT2D eigenvalue weighted by atomic mass is 9.85. The zero-order chi connectivity index (χ0) is 21.7. The molecule has 0 fully saturated rings. The van der Waals surface area contributed by atoms with Crippen molar-refractivity contribution in [3.8, 4) is 0 Å². The second-order valence-electron chi connectivity index (χ2n) is 8.28. The molecule has 0 atom stereocenters. The molecule has 0 aliphatic rings. The fourth-order valence-electron chi connectivity index (χ4n) is 3.26. The molecule has 0 radical (unpaired) electrons. The van der Waals surface area contributed by atoms with Gasteiger partial charge in [-0.25, -0.2) is 8.42 Å². The van der Waals surface area contributed by atoms with Crippen LogP contribution in [0.4, 0.5) is 18.9 Å². The Morgan fingerprint density at radius 2 is 1.36 bits per heavy atom. The monoisotopic (exact) mass is 413 g/mol. The first-order valence-electron chi connectivity index (χ1n) is 8.87. The summed E-state index contributed by atoms with van der Waals surface area (Å²) in [6, 6.07) is 6.05. The molecule has 28 heavy (non-hydrogen) atoms. The molecule has 0 unspecified atom stereocenters. The maximum absolute atomic E-state index is 13.3. The molecule has 0 saturated carbocycles. The normalized spacial score (nSPS) is 12.9. The number of alkyl halides is 3. The molecule has 0 spiro atoms. The molecule has 2 aromatic rings. The highest BCUT2D eigenvalue weighted by atomic mass is 32.2. The summed E-state index contributed by atoms with van der Waals surface area (Å²) < 4.78 is 68.3. The van der Waals surface area contributed by atoms with E-state index in [1.54, 1.807) is 13.8 Å². The molecule has 0 heterocycles. The summed E-state index contributed by atoms with van der Waals surface area (Å²) in [7, 11) is -4.06. The highest BCUT2D eigenvalue weighted by Crippen LogP contribution is 2.37. The third kappa shape index (κ3) is 4.51. The Morgan fingerprint density at radius 1 is 0.857 bits per heavy atom. The zero-order valence-electron chi connectivity index (χ0n) is 17.2. The molecule has 2 aromatic carbocycles. The summed E-state index contributed by atoms with van der Waals surface area (Å²) >= 11 is 0. The van der Waals surface area contributed by atoms with E-state index in [4.69, 9.17) is 0 Å². The third-order valence-corrected chi connectivity index (χ3v) is 6.37. The van der Waals surface area contributed by atoms with E-state index in [2.05, 4.69) is 4.72 Å². The Balaban J connectivity index is 2.59. The first-order valence-corrected chi connectivity index (χ1v) is 10.4. The second kappa shape index (κ2) is 7.10. The highest BCUT2D eigenvalue weighted by molar-refractivity contribution is 7.92. The average Bonchev–Trinajstić information content (AvgIpc) is 2.47. The lowest BCUT2D eigenvalue weighted by Crippen LogP contribution is -2.19. The molecular weight excluding hydrogens is 387 g/mol. The van der Waals surface area contributed by atoms with Gasteiger partial charge in [-0.05, 0) is 73.1 Å². The van der Waals surface area contributed by atoms with E-state index < -0.39 is 21.8 Å². The molecule has 0 bridgehead atoms. The molecule has 0 aliphatic heterocycles. The minimum atomic E-state index is -4.56. The van der Waals surface area contributed by atoms with Crippen LogP contribution in [0, 0.1) is 27.7 Å². The van der Waals surface area contributed by atoms with E-state index in [-0.39, 0.29) is 21.6 Å². The molecule has 154 valence electrons. The second-order valence-corrected chi connectivity index (χ2v) is 9.90. The molecule has 2 rings (SSSR count). The van der Waals surface area contributed by atoms with Gasteiger partial charge < -0.3 is 0 Å².